The number of hydrogen-bond donors (Lipinski definition) is 2. The summed E-state index contributed by atoms with van der Waals surface area (Å²) in [6, 6.07) is 7.96. The fraction of sp³-hybridized carbons (Fsp3) is 0.273. The molecule has 0 aromatic heterocycles. The first-order valence-electron chi connectivity index (χ1n) is 4.68. The zero-order chi connectivity index (χ0) is 9.97. The Morgan fingerprint density at radius 2 is 2.00 bits per heavy atom. The summed E-state index contributed by atoms with van der Waals surface area (Å²) >= 11 is 5.82. The smallest absolute Gasteiger partial charge is 0.0406 e. The van der Waals surface area contributed by atoms with Gasteiger partial charge in [0.15, 0.2) is 0 Å². The lowest BCUT2D eigenvalue weighted by Gasteiger charge is -2.19. The molecule has 3 heteroatoms. The maximum absolute atomic E-state index is 5.83. The molecule has 3 N–H and O–H groups in total. The van der Waals surface area contributed by atoms with Gasteiger partial charge in [-0.05, 0) is 23.3 Å². The van der Waals surface area contributed by atoms with Gasteiger partial charge in [0.25, 0.3) is 0 Å². The third kappa shape index (κ3) is 2.15. The van der Waals surface area contributed by atoms with E-state index in [9.17, 15) is 0 Å². The lowest BCUT2D eigenvalue weighted by molar-refractivity contribution is 0.663. The van der Waals surface area contributed by atoms with Crippen LogP contribution in [0.5, 0.6) is 0 Å². The highest BCUT2D eigenvalue weighted by atomic mass is 35.5. The molecule has 0 saturated carbocycles. The third-order valence-electron chi connectivity index (χ3n) is 2.33. The van der Waals surface area contributed by atoms with Gasteiger partial charge in [-0.3, -0.25) is 0 Å². The second kappa shape index (κ2) is 4.13. The van der Waals surface area contributed by atoms with Crippen molar-refractivity contribution in [2.45, 2.75) is 6.04 Å². The lowest BCUT2D eigenvalue weighted by Crippen LogP contribution is -2.37. The molecule has 1 aliphatic rings. The van der Waals surface area contributed by atoms with Crippen LogP contribution >= 0.6 is 11.6 Å². The van der Waals surface area contributed by atoms with Gasteiger partial charge < -0.3 is 11.1 Å². The molecule has 2 rings (SSSR count). The lowest BCUT2D eigenvalue weighted by atomic mass is 10.0. The summed E-state index contributed by atoms with van der Waals surface area (Å²) in [5.41, 5.74) is 8.27. The molecule has 0 radical (unpaired) electrons. The highest BCUT2D eigenvalue weighted by Crippen LogP contribution is 2.18. The highest BCUT2D eigenvalue weighted by Gasteiger charge is 2.10. The minimum atomic E-state index is 0.120. The Balaban J connectivity index is 2.26. The monoisotopic (exact) mass is 208 g/mol. The van der Waals surface area contributed by atoms with Crippen molar-refractivity contribution in [1.29, 1.82) is 0 Å². The van der Waals surface area contributed by atoms with E-state index in [-0.39, 0.29) is 6.04 Å². The predicted octanol–water partition coefficient (Wildman–Crippen LogP) is 1.65. The molecule has 0 saturated heterocycles. The molecule has 0 aliphatic carbocycles. The van der Waals surface area contributed by atoms with Crippen molar-refractivity contribution in [2.75, 3.05) is 13.1 Å². The van der Waals surface area contributed by atoms with E-state index in [1.165, 1.54) is 11.1 Å². The van der Waals surface area contributed by atoms with Crippen LogP contribution in [0.25, 0.3) is 5.57 Å². The first-order valence-corrected chi connectivity index (χ1v) is 5.06. The Kier molecular flexibility index (Phi) is 2.87. The van der Waals surface area contributed by atoms with Crippen LogP contribution in [0.15, 0.2) is 30.3 Å². The van der Waals surface area contributed by atoms with Crippen LogP contribution in [0, 0.1) is 0 Å². The van der Waals surface area contributed by atoms with E-state index in [1.807, 2.05) is 24.3 Å². The summed E-state index contributed by atoms with van der Waals surface area (Å²) in [5, 5.41) is 4.04. The normalized spacial score (nSPS) is 21.9. The second-order valence-corrected chi connectivity index (χ2v) is 3.93. The molecule has 1 heterocycles. The molecule has 1 atom stereocenters. The number of hydrogen-bond acceptors (Lipinski definition) is 2. The number of nitrogens with one attached hydrogen (secondary N) is 1. The van der Waals surface area contributed by atoms with Gasteiger partial charge in [-0.2, -0.15) is 0 Å². The molecule has 0 bridgehead atoms. The zero-order valence-electron chi connectivity index (χ0n) is 7.83. The van der Waals surface area contributed by atoms with Gasteiger partial charge in [0.05, 0.1) is 0 Å². The van der Waals surface area contributed by atoms with Crippen molar-refractivity contribution in [3.05, 3.63) is 40.9 Å². The average Bonchev–Trinajstić information content (AvgIpc) is 2.19. The van der Waals surface area contributed by atoms with Crippen LogP contribution in [0.4, 0.5) is 0 Å². The Morgan fingerprint density at radius 1 is 1.29 bits per heavy atom. The zero-order valence-corrected chi connectivity index (χ0v) is 8.59. The molecule has 14 heavy (non-hydrogen) atoms. The Morgan fingerprint density at radius 3 is 2.64 bits per heavy atom. The number of nitrogens with two attached hydrogens (primary N) is 1. The molecule has 0 spiro atoms. The van der Waals surface area contributed by atoms with Gasteiger partial charge in [-0.25, -0.2) is 0 Å². The predicted molar refractivity (Wildman–Crippen MR) is 60.3 cm³/mol. The minimum Gasteiger partial charge on any atom is -0.323 e. The Labute approximate surface area is 88.8 Å². The number of rotatable bonds is 1. The van der Waals surface area contributed by atoms with Gasteiger partial charge >= 0.3 is 0 Å². The first kappa shape index (κ1) is 9.71. The first-order chi connectivity index (χ1) is 6.75. The van der Waals surface area contributed by atoms with Crippen molar-refractivity contribution >= 4 is 17.2 Å². The molecular formula is C11H13ClN2. The van der Waals surface area contributed by atoms with Gasteiger partial charge in [0.1, 0.15) is 0 Å². The van der Waals surface area contributed by atoms with Crippen LogP contribution in [-0.4, -0.2) is 19.1 Å². The summed E-state index contributed by atoms with van der Waals surface area (Å²) < 4.78 is 0. The molecule has 1 aromatic rings. The number of halogens is 1. The van der Waals surface area contributed by atoms with Crippen molar-refractivity contribution < 1.29 is 0 Å². The molecular weight excluding hydrogens is 196 g/mol. The van der Waals surface area contributed by atoms with Crippen LogP contribution in [0.2, 0.25) is 5.02 Å². The van der Waals surface area contributed by atoms with Crippen molar-refractivity contribution in [1.82, 2.24) is 5.32 Å². The third-order valence-corrected chi connectivity index (χ3v) is 2.58. The van der Waals surface area contributed by atoms with Crippen LogP contribution in [0.3, 0.4) is 0 Å². The van der Waals surface area contributed by atoms with Crippen LogP contribution in [0.1, 0.15) is 5.56 Å². The highest BCUT2D eigenvalue weighted by molar-refractivity contribution is 6.30. The van der Waals surface area contributed by atoms with Gasteiger partial charge in [-0.15, -0.1) is 0 Å². The van der Waals surface area contributed by atoms with Crippen LogP contribution in [-0.2, 0) is 0 Å². The molecule has 1 aromatic carbocycles. The second-order valence-electron chi connectivity index (χ2n) is 3.49. The summed E-state index contributed by atoms with van der Waals surface area (Å²) in [5.74, 6) is 0. The van der Waals surface area contributed by atoms with E-state index in [0.717, 1.165) is 18.1 Å². The molecule has 1 unspecified atom stereocenters. The van der Waals surface area contributed by atoms with E-state index in [1.54, 1.807) is 0 Å². The van der Waals surface area contributed by atoms with Crippen LogP contribution < -0.4 is 11.1 Å². The van der Waals surface area contributed by atoms with E-state index in [4.69, 9.17) is 17.3 Å². The maximum Gasteiger partial charge on any atom is 0.0406 e. The SMILES string of the molecule is NC1C=C(c2ccc(Cl)cc2)CNC1. The molecule has 0 fully saturated rings. The Hall–Kier alpha value is -0.830. The summed E-state index contributed by atoms with van der Waals surface area (Å²) in [4.78, 5) is 0. The molecule has 74 valence electrons. The van der Waals surface area contributed by atoms with E-state index >= 15 is 0 Å². The van der Waals surface area contributed by atoms with Gasteiger partial charge in [0.2, 0.25) is 0 Å². The molecule has 2 nitrogen and oxygen atoms in total. The van der Waals surface area contributed by atoms with Gasteiger partial charge in [0, 0.05) is 24.2 Å². The Bertz CT molecular complexity index is 343. The number of benzene rings is 1. The van der Waals surface area contributed by atoms with E-state index < -0.39 is 0 Å². The summed E-state index contributed by atoms with van der Waals surface area (Å²) in [6.07, 6.45) is 2.11. The molecule has 0 amide bonds. The maximum atomic E-state index is 5.83. The summed E-state index contributed by atoms with van der Waals surface area (Å²) in [6.45, 7) is 1.74. The van der Waals surface area contributed by atoms with E-state index in [2.05, 4.69) is 11.4 Å². The minimum absolute atomic E-state index is 0.120. The standard InChI is InChI=1S/C11H13ClN2/c12-10-3-1-8(2-4-10)9-5-11(13)7-14-6-9/h1-5,11,14H,6-7,13H2. The fourth-order valence-corrected chi connectivity index (χ4v) is 1.74. The van der Waals surface area contributed by atoms with Crippen molar-refractivity contribution in [3.8, 4) is 0 Å². The van der Waals surface area contributed by atoms with Crippen molar-refractivity contribution in [2.24, 2.45) is 5.73 Å². The molecule has 1 aliphatic heterocycles. The van der Waals surface area contributed by atoms with Gasteiger partial charge in [-0.1, -0.05) is 29.8 Å². The average molecular weight is 209 g/mol. The summed E-state index contributed by atoms with van der Waals surface area (Å²) in [7, 11) is 0. The van der Waals surface area contributed by atoms with E-state index in [0.29, 0.717) is 0 Å². The topological polar surface area (TPSA) is 38.0 Å². The quantitative estimate of drug-likeness (QED) is 0.737. The fourth-order valence-electron chi connectivity index (χ4n) is 1.61. The largest absolute Gasteiger partial charge is 0.323 e. The van der Waals surface area contributed by atoms with Crippen molar-refractivity contribution in [3.63, 3.8) is 0 Å².